The van der Waals surface area contributed by atoms with Crippen LogP contribution in [0.15, 0.2) is 40.9 Å². The first-order valence-corrected chi connectivity index (χ1v) is 6.32. The first kappa shape index (κ1) is 14.9. The van der Waals surface area contributed by atoms with E-state index in [0.29, 0.717) is 10.0 Å². The van der Waals surface area contributed by atoms with Crippen LogP contribution in [0, 0.1) is 0 Å². The normalized spacial score (nSPS) is 12.9. The van der Waals surface area contributed by atoms with Gasteiger partial charge >= 0.3 is 5.97 Å². The Labute approximate surface area is 115 Å². The Morgan fingerprint density at radius 1 is 1.39 bits per heavy atom. The number of hydrogen-bond acceptors (Lipinski definition) is 2. The van der Waals surface area contributed by atoms with Crippen LogP contribution in [0.3, 0.4) is 0 Å². The van der Waals surface area contributed by atoms with E-state index in [0.717, 1.165) is 0 Å². The molecule has 0 aliphatic heterocycles. The van der Waals surface area contributed by atoms with Crippen molar-refractivity contribution in [2.24, 2.45) is 0 Å². The van der Waals surface area contributed by atoms with Gasteiger partial charge in [-0.15, -0.1) is 0 Å². The van der Waals surface area contributed by atoms with Gasteiger partial charge in [-0.2, -0.15) is 0 Å². The van der Waals surface area contributed by atoms with Crippen LogP contribution in [0.2, 0.25) is 0 Å². The van der Waals surface area contributed by atoms with Crippen LogP contribution >= 0.6 is 15.9 Å². The molecule has 4 heteroatoms. The number of halogens is 2. The van der Waals surface area contributed by atoms with Gasteiger partial charge in [0.2, 0.25) is 0 Å². The summed E-state index contributed by atoms with van der Waals surface area (Å²) in [6, 6.07) is 6.79. The Balaban J connectivity index is 2.85. The van der Waals surface area contributed by atoms with Crippen molar-refractivity contribution in [1.82, 2.24) is 0 Å². The van der Waals surface area contributed by atoms with Gasteiger partial charge in [0.1, 0.15) is 5.60 Å². The third-order valence-electron chi connectivity index (χ3n) is 2.15. The lowest BCUT2D eigenvalue weighted by Crippen LogP contribution is -2.25. The number of esters is 1. The standard InChI is InChI=1S/C14H16BrFO2/c1-9(13(17)18-14(2,3)4)12(16)10-7-5-6-8-11(10)15/h5-8,12H,1H2,2-4H3. The SMILES string of the molecule is C=C(C(=O)OC(C)(C)C)C(F)c1ccccc1Br. The highest BCUT2D eigenvalue weighted by Gasteiger charge is 2.26. The molecule has 18 heavy (non-hydrogen) atoms. The summed E-state index contributed by atoms with van der Waals surface area (Å²) in [4.78, 5) is 11.7. The molecule has 1 unspecified atom stereocenters. The summed E-state index contributed by atoms with van der Waals surface area (Å²) in [5, 5.41) is 0. The number of alkyl halides is 1. The number of rotatable bonds is 3. The van der Waals surface area contributed by atoms with Crippen LogP contribution in [0.25, 0.3) is 0 Å². The maximum absolute atomic E-state index is 14.2. The van der Waals surface area contributed by atoms with Gasteiger partial charge < -0.3 is 4.74 Å². The first-order chi connectivity index (χ1) is 8.22. The van der Waals surface area contributed by atoms with Crippen molar-refractivity contribution in [3.63, 3.8) is 0 Å². The van der Waals surface area contributed by atoms with E-state index in [-0.39, 0.29) is 5.57 Å². The molecule has 0 aromatic heterocycles. The average Bonchev–Trinajstić information content (AvgIpc) is 2.25. The van der Waals surface area contributed by atoms with Gasteiger partial charge in [0.05, 0.1) is 5.57 Å². The van der Waals surface area contributed by atoms with Crippen molar-refractivity contribution in [2.75, 3.05) is 0 Å². The van der Waals surface area contributed by atoms with Crippen LogP contribution in [0.5, 0.6) is 0 Å². The van der Waals surface area contributed by atoms with E-state index in [1.165, 1.54) is 0 Å². The summed E-state index contributed by atoms with van der Waals surface area (Å²) in [5.41, 5.74) is -0.488. The molecule has 0 spiro atoms. The number of hydrogen-bond donors (Lipinski definition) is 0. The Morgan fingerprint density at radius 3 is 2.44 bits per heavy atom. The molecule has 2 nitrogen and oxygen atoms in total. The molecule has 1 aromatic rings. The average molecular weight is 315 g/mol. The fraction of sp³-hybridized carbons (Fsp3) is 0.357. The Bertz CT molecular complexity index is 463. The lowest BCUT2D eigenvalue weighted by molar-refractivity contribution is -0.150. The van der Waals surface area contributed by atoms with Crippen LogP contribution in [0.4, 0.5) is 4.39 Å². The maximum Gasteiger partial charge on any atom is 0.337 e. The summed E-state index contributed by atoms with van der Waals surface area (Å²) < 4.78 is 19.9. The fourth-order valence-corrected chi connectivity index (χ4v) is 1.80. The third kappa shape index (κ3) is 3.95. The maximum atomic E-state index is 14.2. The van der Waals surface area contributed by atoms with E-state index in [1.54, 1.807) is 45.0 Å². The van der Waals surface area contributed by atoms with Gasteiger partial charge in [0, 0.05) is 10.0 Å². The Kier molecular flexibility index (Phi) is 4.68. The van der Waals surface area contributed by atoms with Crippen molar-refractivity contribution < 1.29 is 13.9 Å². The Morgan fingerprint density at radius 2 is 1.94 bits per heavy atom. The van der Waals surface area contributed by atoms with Gasteiger partial charge in [-0.05, 0) is 26.8 Å². The molecular formula is C14H16BrFO2. The highest BCUT2D eigenvalue weighted by molar-refractivity contribution is 9.10. The molecule has 1 atom stereocenters. The van der Waals surface area contributed by atoms with E-state index in [9.17, 15) is 9.18 Å². The quantitative estimate of drug-likeness (QED) is 0.612. The van der Waals surface area contributed by atoms with Crippen LogP contribution < -0.4 is 0 Å². The topological polar surface area (TPSA) is 26.3 Å². The second-order valence-corrected chi connectivity index (χ2v) is 5.77. The zero-order valence-corrected chi connectivity index (χ0v) is 12.3. The number of benzene rings is 1. The van der Waals surface area contributed by atoms with E-state index in [1.807, 2.05) is 0 Å². The predicted octanol–water partition coefficient (Wildman–Crippen LogP) is 4.36. The monoisotopic (exact) mass is 314 g/mol. The highest BCUT2D eigenvalue weighted by atomic mass is 79.9. The summed E-state index contributed by atoms with van der Waals surface area (Å²) in [6.07, 6.45) is -1.57. The largest absolute Gasteiger partial charge is 0.457 e. The molecule has 0 amide bonds. The predicted molar refractivity (Wildman–Crippen MR) is 73.0 cm³/mol. The van der Waals surface area contributed by atoms with E-state index in [4.69, 9.17) is 4.74 Å². The fourth-order valence-electron chi connectivity index (χ4n) is 1.32. The first-order valence-electron chi connectivity index (χ1n) is 5.53. The molecule has 0 aliphatic carbocycles. The summed E-state index contributed by atoms with van der Waals surface area (Å²) in [5.74, 6) is -0.717. The van der Waals surface area contributed by atoms with E-state index < -0.39 is 17.7 Å². The van der Waals surface area contributed by atoms with Crippen molar-refractivity contribution in [3.8, 4) is 0 Å². The molecule has 1 aromatic carbocycles. The number of carbonyl (C=O) groups is 1. The lowest BCUT2D eigenvalue weighted by atomic mass is 10.0. The second kappa shape index (κ2) is 5.65. The van der Waals surface area contributed by atoms with Gasteiger partial charge in [-0.25, -0.2) is 9.18 Å². The van der Waals surface area contributed by atoms with Gasteiger partial charge in [-0.3, -0.25) is 0 Å². The number of ether oxygens (including phenoxy) is 1. The van der Waals surface area contributed by atoms with Crippen molar-refractivity contribution in [2.45, 2.75) is 32.5 Å². The molecule has 0 N–H and O–H groups in total. The number of carbonyl (C=O) groups excluding carboxylic acids is 1. The third-order valence-corrected chi connectivity index (χ3v) is 2.87. The molecule has 0 heterocycles. The van der Waals surface area contributed by atoms with Gasteiger partial charge in [0.25, 0.3) is 0 Å². The molecular weight excluding hydrogens is 299 g/mol. The van der Waals surface area contributed by atoms with Gasteiger partial charge in [0.15, 0.2) is 6.17 Å². The lowest BCUT2D eigenvalue weighted by Gasteiger charge is -2.21. The summed E-state index contributed by atoms with van der Waals surface area (Å²) >= 11 is 3.24. The van der Waals surface area contributed by atoms with Crippen molar-refractivity contribution in [1.29, 1.82) is 0 Å². The van der Waals surface area contributed by atoms with E-state index in [2.05, 4.69) is 22.5 Å². The minimum atomic E-state index is -1.57. The molecule has 0 radical (unpaired) electrons. The molecule has 0 saturated carbocycles. The molecule has 0 saturated heterocycles. The smallest absolute Gasteiger partial charge is 0.337 e. The summed E-state index contributed by atoms with van der Waals surface area (Å²) in [6.45, 7) is 8.66. The molecule has 0 bridgehead atoms. The molecule has 0 fully saturated rings. The van der Waals surface area contributed by atoms with Crippen LogP contribution in [0.1, 0.15) is 32.5 Å². The van der Waals surface area contributed by atoms with Crippen molar-refractivity contribution >= 4 is 21.9 Å². The molecule has 1 rings (SSSR count). The minimum Gasteiger partial charge on any atom is -0.457 e. The zero-order chi connectivity index (χ0) is 13.9. The van der Waals surface area contributed by atoms with Crippen molar-refractivity contribution in [3.05, 3.63) is 46.5 Å². The molecule has 0 aliphatic rings. The minimum absolute atomic E-state index is 0.197. The summed E-state index contributed by atoms with van der Waals surface area (Å²) in [7, 11) is 0. The molecule has 98 valence electrons. The van der Waals surface area contributed by atoms with Gasteiger partial charge in [-0.1, -0.05) is 40.7 Å². The van der Waals surface area contributed by atoms with Crippen LogP contribution in [-0.4, -0.2) is 11.6 Å². The highest BCUT2D eigenvalue weighted by Crippen LogP contribution is 2.31. The second-order valence-electron chi connectivity index (χ2n) is 4.91. The van der Waals surface area contributed by atoms with E-state index >= 15 is 0 Å². The van der Waals surface area contributed by atoms with Crippen LogP contribution in [-0.2, 0) is 9.53 Å². The Hall–Kier alpha value is -1.16. The zero-order valence-electron chi connectivity index (χ0n) is 10.7.